The number of phenolic OH excluding ortho intramolecular Hbond substituents is 1. The van der Waals surface area contributed by atoms with Gasteiger partial charge in [-0.1, -0.05) is 0 Å². The zero-order chi connectivity index (χ0) is 27.4. The van der Waals surface area contributed by atoms with Crippen molar-refractivity contribution >= 4 is 35.4 Å². The number of allylic oxidation sites excluding steroid dienone is 2. The molecule has 13 heteroatoms. The molecule has 1 aromatic rings. The Balaban J connectivity index is 2.09. The molecule has 0 unspecified atom stereocenters. The number of carbonyl (C=O) groups is 6. The molecule has 5 atom stereocenters. The Morgan fingerprint density at radius 3 is 1.89 bits per heavy atom. The van der Waals surface area contributed by atoms with Crippen LogP contribution >= 0.6 is 0 Å². The summed E-state index contributed by atoms with van der Waals surface area (Å²) in [5, 5.41) is 10.2. The van der Waals surface area contributed by atoms with E-state index in [9.17, 15) is 33.9 Å². The van der Waals surface area contributed by atoms with Gasteiger partial charge >= 0.3 is 23.9 Å². The number of phenols is 1. The van der Waals surface area contributed by atoms with Gasteiger partial charge in [0.25, 0.3) is 0 Å². The predicted octanol–water partition coefficient (Wildman–Crippen LogP) is 0.789. The first kappa shape index (κ1) is 27.3. The molecule has 2 aliphatic rings. The number of hydrogen-bond acceptors (Lipinski definition) is 13. The molecule has 0 saturated carbocycles. The van der Waals surface area contributed by atoms with Crippen LogP contribution in [0.5, 0.6) is 11.5 Å². The lowest BCUT2D eigenvalue weighted by molar-refractivity contribution is -0.288. The van der Waals surface area contributed by atoms with Gasteiger partial charge in [-0.2, -0.15) is 0 Å². The number of aromatic hydroxyl groups is 1. The molecule has 0 spiro atoms. The normalized spacial score (nSPS) is 24.5. The molecule has 0 radical (unpaired) electrons. The molecule has 0 aromatic heterocycles. The van der Waals surface area contributed by atoms with E-state index in [4.69, 9.17) is 28.4 Å². The topological polar surface area (TPSA) is 178 Å². The van der Waals surface area contributed by atoms with E-state index < -0.39 is 78.5 Å². The molecule has 1 aliphatic carbocycles. The van der Waals surface area contributed by atoms with Crippen molar-refractivity contribution in [2.45, 2.75) is 58.4 Å². The average molecular weight is 520 g/mol. The quantitative estimate of drug-likeness (QED) is 0.394. The van der Waals surface area contributed by atoms with Crippen LogP contribution in [0, 0.1) is 0 Å². The molecule has 0 amide bonds. The second-order valence-electron chi connectivity index (χ2n) is 8.08. The van der Waals surface area contributed by atoms with Gasteiger partial charge in [-0.05, 0) is 24.3 Å². The van der Waals surface area contributed by atoms with Crippen LogP contribution in [0.15, 0.2) is 24.3 Å². The van der Waals surface area contributed by atoms with E-state index in [-0.39, 0.29) is 16.9 Å². The summed E-state index contributed by atoms with van der Waals surface area (Å²) in [5.74, 6) is -5.19. The summed E-state index contributed by atoms with van der Waals surface area (Å²) in [6.45, 7) is 3.85. The molecule has 1 aromatic carbocycles. The lowest BCUT2D eigenvalue weighted by Crippen LogP contribution is -2.63. The lowest BCUT2D eigenvalue weighted by atomic mass is 9.93. The highest BCUT2D eigenvalue weighted by Gasteiger charge is 2.53. The number of ether oxygens (including phenoxy) is 6. The van der Waals surface area contributed by atoms with Crippen molar-refractivity contribution < 1.29 is 62.3 Å². The van der Waals surface area contributed by atoms with Gasteiger partial charge in [0.15, 0.2) is 23.8 Å². The Labute approximate surface area is 210 Å². The number of rotatable bonds is 7. The van der Waals surface area contributed by atoms with Gasteiger partial charge in [0.05, 0.1) is 11.1 Å². The Hall–Kier alpha value is -4.26. The van der Waals surface area contributed by atoms with E-state index in [1.165, 1.54) is 6.07 Å². The maximum atomic E-state index is 12.6. The molecule has 13 nitrogen and oxygen atoms in total. The minimum absolute atomic E-state index is 0.226. The van der Waals surface area contributed by atoms with Crippen molar-refractivity contribution in [3.8, 4) is 11.5 Å². The third-order valence-corrected chi connectivity index (χ3v) is 5.22. The van der Waals surface area contributed by atoms with Crippen molar-refractivity contribution in [3.05, 3.63) is 35.4 Å². The molecule has 1 saturated heterocycles. The maximum absolute atomic E-state index is 12.6. The summed E-state index contributed by atoms with van der Waals surface area (Å²) in [6.07, 6.45) is -5.36. The number of fused-ring (bicyclic) bond motifs is 1. The Morgan fingerprint density at radius 1 is 0.784 bits per heavy atom. The van der Waals surface area contributed by atoms with Gasteiger partial charge in [-0.3, -0.25) is 28.8 Å². The number of carbonyl (C=O) groups excluding carboxylic acids is 6. The minimum atomic E-state index is -1.62. The van der Waals surface area contributed by atoms with E-state index >= 15 is 0 Å². The SMILES string of the molecule is CC(=O)OC[C@H]1O[C@@H](Oc2ccc(O)c3c2C(=O)C=CC3=O)[C@H](OC(C)=O)[C@@H](OC(C)=O)[C@@H]1OC(C)=O. The molecular weight excluding hydrogens is 496 g/mol. The van der Waals surface area contributed by atoms with Crippen LogP contribution in [0.2, 0.25) is 0 Å². The third-order valence-electron chi connectivity index (χ3n) is 5.22. The third kappa shape index (κ3) is 6.30. The first-order chi connectivity index (χ1) is 17.4. The lowest BCUT2D eigenvalue weighted by Gasteiger charge is -2.44. The first-order valence-electron chi connectivity index (χ1n) is 11.0. The highest BCUT2D eigenvalue weighted by atomic mass is 16.7. The maximum Gasteiger partial charge on any atom is 0.303 e. The largest absolute Gasteiger partial charge is 0.507 e. The molecule has 198 valence electrons. The molecule has 1 heterocycles. The van der Waals surface area contributed by atoms with Crippen LogP contribution in [0.3, 0.4) is 0 Å². The second-order valence-corrected chi connectivity index (χ2v) is 8.08. The van der Waals surface area contributed by atoms with Gasteiger partial charge in [0.2, 0.25) is 12.4 Å². The van der Waals surface area contributed by atoms with Gasteiger partial charge in [0.1, 0.15) is 24.2 Å². The summed E-state index contributed by atoms with van der Waals surface area (Å²) in [4.78, 5) is 72.1. The fourth-order valence-electron chi connectivity index (χ4n) is 3.89. The second kappa shape index (κ2) is 11.2. The fraction of sp³-hybridized carbons (Fsp3) is 0.417. The van der Waals surface area contributed by atoms with E-state index in [1.807, 2.05) is 0 Å². The highest BCUT2D eigenvalue weighted by molar-refractivity contribution is 6.24. The van der Waals surface area contributed by atoms with Crippen molar-refractivity contribution in [2.75, 3.05) is 6.61 Å². The minimum Gasteiger partial charge on any atom is -0.507 e. The van der Waals surface area contributed by atoms with Crippen molar-refractivity contribution in [3.63, 3.8) is 0 Å². The summed E-state index contributed by atoms with van der Waals surface area (Å²) in [7, 11) is 0. The summed E-state index contributed by atoms with van der Waals surface area (Å²) >= 11 is 0. The standard InChI is InChI=1S/C24H24O13/c1-10(25)32-9-18-21(33-11(2)26)22(34-12(3)27)23(35-13(4)28)24(37-18)36-17-8-7-15(30)19-14(29)5-6-16(31)20(17)19/h5-8,18,21-24,30H,9H2,1-4H3/t18-,21-,22+,23-,24-/m1/s1. The van der Waals surface area contributed by atoms with Crippen LogP contribution in [-0.4, -0.2) is 77.9 Å². The van der Waals surface area contributed by atoms with Gasteiger partial charge in [-0.15, -0.1) is 0 Å². The van der Waals surface area contributed by atoms with E-state index in [0.29, 0.717) is 0 Å². The molecule has 0 bridgehead atoms. The zero-order valence-electron chi connectivity index (χ0n) is 20.2. The predicted molar refractivity (Wildman–Crippen MR) is 118 cm³/mol. The fourth-order valence-corrected chi connectivity index (χ4v) is 3.89. The van der Waals surface area contributed by atoms with Gasteiger partial charge in [-0.25, -0.2) is 0 Å². The van der Waals surface area contributed by atoms with Gasteiger partial charge < -0.3 is 33.5 Å². The number of esters is 4. The molecule has 37 heavy (non-hydrogen) atoms. The smallest absolute Gasteiger partial charge is 0.303 e. The summed E-state index contributed by atoms with van der Waals surface area (Å²) < 4.78 is 32.6. The highest BCUT2D eigenvalue weighted by Crippen LogP contribution is 2.37. The molecule has 1 fully saturated rings. The number of hydrogen-bond donors (Lipinski definition) is 1. The van der Waals surface area contributed by atoms with Crippen molar-refractivity contribution in [2.24, 2.45) is 0 Å². The molecule has 1 aliphatic heterocycles. The van der Waals surface area contributed by atoms with Crippen LogP contribution in [0.25, 0.3) is 0 Å². The van der Waals surface area contributed by atoms with Crippen LogP contribution < -0.4 is 4.74 Å². The number of benzene rings is 1. The summed E-state index contributed by atoms with van der Waals surface area (Å²) in [5.41, 5.74) is -0.587. The van der Waals surface area contributed by atoms with E-state index in [0.717, 1.165) is 45.9 Å². The summed E-state index contributed by atoms with van der Waals surface area (Å²) in [6, 6.07) is 2.30. The molecule has 1 N–H and O–H groups in total. The van der Waals surface area contributed by atoms with Crippen LogP contribution in [0.1, 0.15) is 48.4 Å². The monoisotopic (exact) mass is 520 g/mol. The molecule has 3 rings (SSSR count). The molecular formula is C24H24O13. The Bertz CT molecular complexity index is 1170. The average Bonchev–Trinajstić information content (AvgIpc) is 2.79. The van der Waals surface area contributed by atoms with Gasteiger partial charge in [0, 0.05) is 27.7 Å². The first-order valence-corrected chi connectivity index (χ1v) is 11.0. The van der Waals surface area contributed by atoms with Crippen LogP contribution in [-0.2, 0) is 42.9 Å². The van der Waals surface area contributed by atoms with Crippen molar-refractivity contribution in [1.82, 2.24) is 0 Å². The van der Waals surface area contributed by atoms with E-state index in [2.05, 4.69) is 0 Å². The Morgan fingerprint density at radius 2 is 1.32 bits per heavy atom. The van der Waals surface area contributed by atoms with Crippen LogP contribution in [0.4, 0.5) is 0 Å². The number of ketones is 2. The van der Waals surface area contributed by atoms with Crippen molar-refractivity contribution in [1.29, 1.82) is 0 Å². The zero-order valence-corrected chi connectivity index (χ0v) is 20.2. The van der Waals surface area contributed by atoms with E-state index in [1.54, 1.807) is 0 Å². The Kier molecular flexibility index (Phi) is 8.28.